The highest BCUT2D eigenvalue weighted by Crippen LogP contribution is 2.29. The monoisotopic (exact) mass is 308 g/mol. The number of hydrogen-bond acceptors (Lipinski definition) is 2. The minimum absolute atomic E-state index is 0.0822. The summed E-state index contributed by atoms with van der Waals surface area (Å²) in [6, 6.07) is 0.123. The molecule has 0 amide bonds. The zero-order chi connectivity index (χ0) is 15.9. The maximum Gasteiger partial charge on any atom is 0.389 e. The highest BCUT2D eigenvalue weighted by atomic mass is 19.4. The minimum Gasteiger partial charge on any atom is -0.312 e. The third-order valence-electron chi connectivity index (χ3n) is 4.62. The molecule has 0 aromatic carbocycles. The van der Waals surface area contributed by atoms with E-state index in [1.54, 1.807) is 0 Å². The molecule has 1 heterocycles. The largest absolute Gasteiger partial charge is 0.389 e. The fraction of sp³-hybridized carbons (Fsp3) is 1.00. The van der Waals surface area contributed by atoms with Crippen LogP contribution in [0.15, 0.2) is 0 Å². The number of alkyl halides is 3. The second-order valence-corrected chi connectivity index (χ2v) is 6.72. The van der Waals surface area contributed by atoms with Gasteiger partial charge in [-0.1, -0.05) is 13.3 Å². The van der Waals surface area contributed by atoms with Gasteiger partial charge in [-0.3, -0.25) is 4.90 Å². The van der Waals surface area contributed by atoms with E-state index >= 15 is 0 Å². The van der Waals surface area contributed by atoms with Crippen molar-refractivity contribution in [1.82, 2.24) is 10.2 Å². The fourth-order valence-corrected chi connectivity index (χ4v) is 3.22. The van der Waals surface area contributed by atoms with Gasteiger partial charge in [-0.25, -0.2) is 0 Å². The summed E-state index contributed by atoms with van der Waals surface area (Å²) in [5.41, 5.74) is -0.0822. The molecule has 5 heteroatoms. The van der Waals surface area contributed by atoms with Crippen LogP contribution in [-0.2, 0) is 0 Å². The van der Waals surface area contributed by atoms with E-state index in [1.165, 1.54) is 19.3 Å². The molecule has 1 rings (SSSR count). The van der Waals surface area contributed by atoms with Crippen molar-refractivity contribution < 1.29 is 13.2 Å². The average Bonchev–Trinajstić information content (AvgIpc) is 2.42. The molecular weight excluding hydrogens is 277 g/mol. The van der Waals surface area contributed by atoms with E-state index in [0.717, 1.165) is 26.1 Å². The van der Waals surface area contributed by atoms with Gasteiger partial charge in [0.15, 0.2) is 0 Å². The van der Waals surface area contributed by atoms with Gasteiger partial charge in [0.1, 0.15) is 0 Å². The van der Waals surface area contributed by atoms with Crippen LogP contribution in [0.2, 0.25) is 0 Å². The molecule has 0 aliphatic carbocycles. The van der Waals surface area contributed by atoms with Crippen LogP contribution in [0.1, 0.15) is 65.7 Å². The Morgan fingerprint density at radius 2 is 1.71 bits per heavy atom. The Bertz CT molecular complexity index is 284. The second kappa shape index (κ2) is 8.37. The van der Waals surface area contributed by atoms with Gasteiger partial charge in [0.05, 0.1) is 0 Å². The van der Waals surface area contributed by atoms with Crippen LogP contribution in [0.25, 0.3) is 0 Å². The zero-order valence-corrected chi connectivity index (χ0v) is 13.7. The molecule has 0 bridgehead atoms. The SMILES string of the molecule is CCCNC(CCCC(F)(F)F)C(C)(C)N1CCCCC1. The summed E-state index contributed by atoms with van der Waals surface area (Å²) in [6.45, 7) is 9.45. The van der Waals surface area contributed by atoms with Crippen LogP contribution in [-0.4, -0.2) is 42.3 Å². The van der Waals surface area contributed by atoms with E-state index in [4.69, 9.17) is 0 Å². The molecule has 2 nitrogen and oxygen atoms in total. The Balaban J connectivity index is 2.60. The summed E-state index contributed by atoms with van der Waals surface area (Å²) in [7, 11) is 0. The minimum atomic E-state index is -4.04. The molecule has 0 saturated carbocycles. The van der Waals surface area contributed by atoms with E-state index in [2.05, 4.69) is 31.0 Å². The van der Waals surface area contributed by atoms with Crippen LogP contribution in [0, 0.1) is 0 Å². The highest BCUT2D eigenvalue weighted by Gasteiger charge is 2.36. The highest BCUT2D eigenvalue weighted by molar-refractivity contribution is 4.94. The number of halogens is 3. The van der Waals surface area contributed by atoms with E-state index in [9.17, 15) is 13.2 Å². The van der Waals surface area contributed by atoms with Crippen molar-refractivity contribution in [3.63, 3.8) is 0 Å². The van der Waals surface area contributed by atoms with Crippen molar-refractivity contribution in [2.75, 3.05) is 19.6 Å². The quantitative estimate of drug-likeness (QED) is 0.717. The van der Waals surface area contributed by atoms with Gasteiger partial charge in [0.25, 0.3) is 0 Å². The van der Waals surface area contributed by atoms with Crippen molar-refractivity contribution in [3.8, 4) is 0 Å². The molecule has 0 spiro atoms. The van der Waals surface area contributed by atoms with E-state index in [-0.39, 0.29) is 18.0 Å². The molecule has 1 saturated heterocycles. The molecule has 126 valence electrons. The number of piperidine rings is 1. The van der Waals surface area contributed by atoms with Gasteiger partial charge in [0.2, 0.25) is 0 Å². The molecule has 1 atom stereocenters. The molecule has 1 aliphatic rings. The molecule has 1 aliphatic heterocycles. The first-order valence-electron chi connectivity index (χ1n) is 8.32. The summed E-state index contributed by atoms with van der Waals surface area (Å²) < 4.78 is 37.1. The van der Waals surface area contributed by atoms with E-state index in [1.807, 2.05) is 0 Å². The maximum atomic E-state index is 12.4. The number of hydrogen-bond donors (Lipinski definition) is 1. The molecule has 1 fully saturated rings. The summed E-state index contributed by atoms with van der Waals surface area (Å²) >= 11 is 0. The lowest BCUT2D eigenvalue weighted by Crippen LogP contribution is -2.59. The third kappa shape index (κ3) is 6.55. The summed E-state index contributed by atoms with van der Waals surface area (Å²) in [5, 5.41) is 3.48. The lowest BCUT2D eigenvalue weighted by molar-refractivity contribution is -0.136. The van der Waals surface area contributed by atoms with Crippen molar-refractivity contribution in [2.24, 2.45) is 0 Å². The average molecular weight is 308 g/mol. The van der Waals surface area contributed by atoms with Crippen molar-refractivity contribution in [2.45, 2.75) is 83.5 Å². The van der Waals surface area contributed by atoms with Crippen LogP contribution < -0.4 is 5.32 Å². The van der Waals surface area contributed by atoms with Gasteiger partial charge >= 0.3 is 6.18 Å². The summed E-state index contributed by atoms with van der Waals surface area (Å²) in [6.07, 6.45) is 0.766. The van der Waals surface area contributed by atoms with E-state index < -0.39 is 12.6 Å². The van der Waals surface area contributed by atoms with Gasteiger partial charge in [-0.05, 0) is 65.6 Å². The number of nitrogens with zero attached hydrogens (tertiary/aromatic N) is 1. The zero-order valence-electron chi connectivity index (χ0n) is 13.7. The normalized spacial score (nSPS) is 19.7. The first-order valence-corrected chi connectivity index (χ1v) is 8.32. The number of nitrogens with one attached hydrogen (secondary N) is 1. The van der Waals surface area contributed by atoms with E-state index in [0.29, 0.717) is 6.42 Å². The number of likely N-dealkylation sites (tertiary alicyclic amines) is 1. The Labute approximate surface area is 127 Å². The first kappa shape index (κ1) is 18.8. The van der Waals surface area contributed by atoms with Crippen molar-refractivity contribution >= 4 is 0 Å². The first-order chi connectivity index (χ1) is 9.77. The fourth-order valence-electron chi connectivity index (χ4n) is 3.22. The molecule has 1 N–H and O–H groups in total. The third-order valence-corrected chi connectivity index (χ3v) is 4.62. The predicted molar refractivity (Wildman–Crippen MR) is 81.5 cm³/mol. The van der Waals surface area contributed by atoms with Crippen molar-refractivity contribution in [1.29, 1.82) is 0 Å². The predicted octanol–water partition coefficient (Wildman–Crippen LogP) is 4.35. The van der Waals surface area contributed by atoms with Crippen LogP contribution in [0.3, 0.4) is 0 Å². The van der Waals surface area contributed by atoms with Crippen LogP contribution >= 0.6 is 0 Å². The number of rotatable bonds is 8. The molecule has 0 aromatic heterocycles. The Morgan fingerprint density at radius 3 is 2.24 bits per heavy atom. The lowest BCUT2D eigenvalue weighted by Gasteiger charge is -2.46. The smallest absolute Gasteiger partial charge is 0.312 e. The topological polar surface area (TPSA) is 15.3 Å². The molecule has 0 aromatic rings. The van der Waals surface area contributed by atoms with Crippen LogP contribution in [0.4, 0.5) is 13.2 Å². The van der Waals surface area contributed by atoms with Crippen molar-refractivity contribution in [3.05, 3.63) is 0 Å². The molecular formula is C16H31F3N2. The standard InChI is InChI=1S/C16H31F3N2/c1-4-11-20-14(9-8-10-16(17,18)19)15(2,3)21-12-6-5-7-13-21/h14,20H,4-13H2,1-3H3. The maximum absolute atomic E-state index is 12.4. The summed E-state index contributed by atoms with van der Waals surface area (Å²) in [5.74, 6) is 0. The Kier molecular flexibility index (Phi) is 7.48. The van der Waals surface area contributed by atoms with Crippen LogP contribution in [0.5, 0.6) is 0 Å². The van der Waals surface area contributed by atoms with Gasteiger partial charge in [-0.2, -0.15) is 13.2 Å². The second-order valence-electron chi connectivity index (χ2n) is 6.72. The van der Waals surface area contributed by atoms with Gasteiger partial charge in [0, 0.05) is 18.0 Å². The molecule has 21 heavy (non-hydrogen) atoms. The molecule has 1 unspecified atom stereocenters. The van der Waals surface area contributed by atoms with Gasteiger partial charge < -0.3 is 5.32 Å². The lowest BCUT2D eigenvalue weighted by atomic mass is 9.86. The Morgan fingerprint density at radius 1 is 1.10 bits per heavy atom. The summed E-state index contributed by atoms with van der Waals surface area (Å²) in [4.78, 5) is 2.46. The van der Waals surface area contributed by atoms with Gasteiger partial charge in [-0.15, -0.1) is 0 Å². The molecule has 0 radical (unpaired) electrons. The Hall–Kier alpha value is -0.290.